The molecule has 0 aliphatic rings. The first-order chi connectivity index (χ1) is 9.15. The molecule has 0 aliphatic heterocycles. The summed E-state index contributed by atoms with van der Waals surface area (Å²) in [4.78, 5) is 15.7. The minimum absolute atomic E-state index is 0.166. The van der Waals surface area contributed by atoms with Gasteiger partial charge in [-0.25, -0.2) is 14.8 Å². The fourth-order valence-electron chi connectivity index (χ4n) is 1.45. The number of rotatable bonds is 4. The Hall–Kier alpha value is -2.08. The van der Waals surface area contributed by atoms with E-state index in [9.17, 15) is 9.18 Å². The third-order valence-electron chi connectivity index (χ3n) is 2.31. The van der Waals surface area contributed by atoms with E-state index in [-0.39, 0.29) is 18.1 Å². The summed E-state index contributed by atoms with van der Waals surface area (Å²) >= 11 is 1.49. The summed E-state index contributed by atoms with van der Waals surface area (Å²) < 4.78 is 13.3. The number of aromatic nitrogens is 1. The first-order valence-corrected chi connectivity index (χ1v) is 6.50. The Morgan fingerprint density at radius 2 is 2.32 bits per heavy atom. The van der Waals surface area contributed by atoms with Crippen LogP contribution in [-0.4, -0.2) is 17.1 Å². The molecule has 1 amide bonds. The summed E-state index contributed by atoms with van der Waals surface area (Å²) in [5.41, 5.74) is 3.38. The van der Waals surface area contributed by atoms with Crippen LogP contribution in [0.25, 0.3) is 0 Å². The van der Waals surface area contributed by atoms with Crippen LogP contribution in [0.1, 0.15) is 16.3 Å². The van der Waals surface area contributed by atoms with Crippen molar-refractivity contribution in [3.8, 4) is 0 Å². The average molecular weight is 277 g/mol. The molecular weight excluding hydrogens is 265 g/mol. The fraction of sp³-hybridized carbons (Fsp3) is 0.154. The Kier molecular flexibility index (Phi) is 4.35. The second kappa shape index (κ2) is 6.19. The van der Waals surface area contributed by atoms with E-state index in [1.165, 1.54) is 23.6 Å². The minimum atomic E-state index is -0.379. The quantitative estimate of drug-likeness (QED) is 0.688. The van der Waals surface area contributed by atoms with Crippen LogP contribution in [0.15, 0.2) is 34.7 Å². The lowest BCUT2D eigenvalue weighted by atomic mass is 10.2. The van der Waals surface area contributed by atoms with Crippen LogP contribution in [0.5, 0.6) is 0 Å². The molecule has 4 nitrogen and oxygen atoms in total. The number of aryl methyl sites for hydroxylation is 1. The van der Waals surface area contributed by atoms with Gasteiger partial charge in [-0.3, -0.25) is 4.79 Å². The number of carbonyl (C=O) groups is 1. The predicted molar refractivity (Wildman–Crippen MR) is 72.7 cm³/mol. The highest BCUT2D eigenvalue weighted by Crippen LogP contribution is 2.08. The number of carbonyl (C=O) groups excluding carboxylic acids is 1. The van der Waals surface area contributed by atoms with Crippen LogP contribution < -0.4 is 5.43 Å². The molecule has 0 saturated carbocycles. The van der Waals surface area contributed by atoms with Crippen molar-refractivity contribution in [2.45, 2.75) is 13.3 Å². The molecule has 98 valence electrons. The van der Waals surface area contributed by atoms with E-state index < -0.39 is 0 Å². The molecule has 2 aromatic rings. The molecular formula is C13H12FN3OS. The summed E-state index contributed by atoms with van der Waals surface area (Å²) in [6.45, 7) is 1.88. The van der Waals surface area contributed by atoms with Crippen molar-refractivity contribution >= 4 is 23.5 Å². The van der Waals surface area contributed by atoms with Gasteiger partial charge in [0.15, 0.2) is 0 Å². The largest absolute Gasteiger partial charge is 0.273 e. The number of halogens is 1. The number of amides is 1. The van der Waals surface area contributed by atoms with E-state index in [0.29, 0.717) is 11.3 Å². The lowest BCUT2D eigenvalue weighted by Crippen LogP contribution is -2.20. The minimum Gasteiger partial charge on any atom is -0.273 e. The maximum absolute atomic E-state index is 13.3. The number of hydrazone groups is 1. The van der Waals surface area contributed by atoms with E-state index in [2.05, 4.69) is 15.5 Å². The first kappa shape index (κ1) is 13.4. The van der Waals surface area contributed by atoms with Crippen molar-refractivity contribution in [2.24, 2.45) is 5.10 Å². The van der Waals surface area contributed by atoms with Crippen LogP contribution in [0.3, 0.4) is 0 Å². The molecule has 2 rings (SSSR count). The Bertz CT molecular complexity index is 609. The normalized spacial score (nSPS) is 10.8. The van der Waals surface area contributed by atoms with Gasteiger partial charge >= 0.3 is 0 Å². The Morgan fingerprint density at radius 1 is 1.53 bits per heavy atom. The third-order valence-corrected chi connectivity index (χ3v) is 3.13. The molecule has 0 atom stereocenters. The number of hydrogen-bond acceptors (Lipinski definition) is 4. The van der Waals surface area contributed by atoms with Gasteiger partial charge in [0.1, 0.15) is 5.82 Å². The maximum atomic E-state index is 13.3. The molecule has 1 heterocycles. The van der Waals surface area contributed by atoms with Crippen molar-refractivity contribution in [3.05, 3.63) is 51.7 Å². The smallest absolute Gasteiger partial charge is 0.246 e. The maximum Gasteiger partial charge on any atom is 0.246 e. The van der Waals surface area contributed by atoms with Gasteiger partial charge in [-0.15, -0.1) is 11.3 Å². The molecule has 0 fully saturated rings. The summed E-state index contributed by atoms with van der Waals surface area (Å²) in [6.07, 6.45) is 1.44. The first-order valence-electron chi connectivity index (χ1n) is 5.62. The van der Waals surface area contributed by atoms with E-state index in [0.717, 1.165) is 5.01 Å². The molecule has 1 aromatic carbocycles. The van der Waals surface area contributed by atoms with Gasteiger partial charge in [0.25, 0.3) is 0 Å². The number of benzene rings is 1. The highest BCUT2D eigenvalue weighted by atomic mass is 32.1. The lowest BCUT2D eigenvalue weighted by molar-refractivity contribution is -0.120. The molecule has 0 saturated heterocycles. The summed E-state index contributed by atoms with van der Waals surface area (Å²) in [5.74, 6) is -0.659. The van der Waals surface area contributed by atoms with Crippen molar-refractivity contribution in [1.82, 2.24) is 10.4 Å². The zero-order valence-electron chi connectivity index (χ0n) is 10.3. The van der Waals surface area contributed by atoms with Crippen LogP contribution in [0, 0.1) is 12.7 Å². The van der Waals surface area contributed by atoms with Gasteiger partial charge in [-0.2, -0.15) is 5.10 Å². The number of nitrogens with zero attached hydrogens (tertiary/aromatic N) is 2. The summed E-state index contributed by atoms with van der Waals surface area (Å²) in [5, 5.41) is 6.46. The van der Waals surface area contributed by atoms with Gasteiger partial charge in [-0.1, -0.05) is 18.2 Å². The Labute approximate surface area is 114 Å². The molecule has 19 heavy (non-hydrogen) atoms. The van der Waals surface area contributed by atoms with Crippen molar-refractivity contribution in [3.63, 3.8) is 0 Å². The van der Waals surface area contributed by atoms with Gasteiger partial charge in [0, 0.05) is 10.9 Å². The molecule has 0 radical (unpaired) electrons. The van der Waals surface area contributed by atoms with Crippen LogP contribution in [0.2, 0.25) is 0 Å². The van der Waals surface area contributed by atoms with E-state index in [1.807, 2.05) is 12.3 Å². The number of thiazole rings is 1. The molecule has 0 spiro atoms. The van der Waals surface area contributed by atoms with Crippen molar-refractivity contribution < 1.29 is 9.18 Å². The molecule has 0 bridgehead atoms. The van der Waals surface area contributed by atoms with Gasteiger partial charge < -0.3 is 0 Å². The van der Waals surface area contributed by atoms with Gasteiger partial charge in [-0.05, 0) is 13.0 Å². The average Bonchev–Trinajstić information content (AvgIpc) is 2.77. The summed E-state index contributed by atoms with van der Waals surface area (Å²) in [6, 6.07) is 6.20. The second-order valence-corrected chi connectivity index (χ2v) is 4.91. The topological polar surface area (TPSA) is 54.4 Å². The number of hydrogen-bond donors (Lipinski definition) is 1. The predicted octanol–water partition coefficient (Wildman–Crippen LogP) is 2.28. The lowest BCUT2D eigenvalue weighted by Gasteiger charge is -1.97. The molecule has 0 unspecified atom stereocenters. The van der Waals surface area contributed by atoms with Crippen LogP contribution in [0.4, 0.5) is 4.39 Å². The van der Waals surface area contributed by atoms with E-state index in [4.69, 9.17) is 0 Å². The zero-order valence-corrected chi connectivity index (χ0v) is 11.1. The zero-order chi connectivity index (χ0) is 13.7. The molecule has 1 N–H and O–H groups in total. The molecule has 1 aromatic heterocycles. The summed E-state index contributed by atoms with van der Waals surface area (Å²) in [7, 11) is 0. The van der Waals surface area contributed by atoms with Crippen molar-refractivity contribution in [1.29, 1.82) is 0 Å². The van der Waals surface area contributed by atoms with Gasteiger partial charge in [0.2, 0.25) is 5.91 Å². The van der Waals surface area contributed by atoms with E-state index >= 15 is 0 Å². The van der Waals surface area contributed by atoms with Crippen LogP contribution >= 0.6 is 11.3 Å². The third kappa shape index (κ3) is 3.96. The fourth-order valence-corrected chi connectivity index (χ4v) is 2.06. The Balaban J connectivity index is 1.88. The standard InChI is InChI=1S/C13H12FN3OS/c1-9-16-11(8-19-9)6-13(18)17-15-7-10-4-2-3-5-12(10)14/h2-5,7-8H,6H2,1H3,(H,17,18). The Morgan fingerprint density at radius 3 is 3.00 bits per heavy atom. The SMILES string of the molecule is Cc1nc(CC(=O)NN=Cc2ccccc2F)cs1. The van der Waals surface area contributed by atoms with E-state index in [1.54, 1.807) is 18.2 Å². The van der Waals surface area contributed by atoms with Crippen molar-refractivity contribution in [2.75, 3.05) is 0 Å². The monoisotopic (exact) mass is 277 g/mol. The highest BCUT2D eigenvalue weighted by Gasteiger charge is 2.05. The van der Waals surface area contributed by atoms with Gasteiger partial charge in [0.05, 0.1) is 23.3 Å². The number of nitrogens with one attached hydrogen (secondary N) is 1. The second-order valence-electron chi connectivity index (χ2n) is 3.85. The highest BCUT2D eigenvalue weighted by molar-refractivity contribution is 7.09. The van der Waals surface area contributed by atoms with Crippen LogP contribution in [-0.2, 0) is 11.2 Å². The molecule has 6 heteroatoms. The molecule has 0 aliphatic carbocycles.